The maximum Gasteiger partial charge on any atom is 0.253 e. The lowest BCUT2D eigenvalue weighted by Gasteiger charge is -2.23. The van der Waals surface area contributed by atoms with Crippen LogP contribution < -0.4 is 10.1 Å². The smallest absolute Gasteiger partial charge is 0.253 e. The zero-order chi connectivity index (χ0) is 13.8. The van der Waals surface area contributed by atoms with Crippen molar-refractivity contribution in [2.45, 2.75) is 32.4 Å². The number of carbonyl (C=O) groups excluding carboxylic acids is 1. The first kappa shape index (κ1) is 16.8. The molecule has 0 aliphatic carbocycles. The Balaban J connectivity index is 0.00000200. The number of amides is 1. The van der Waals surface area contributed by atoms with Crippen LogP contribution in [0.1, 0.15) is 30.6 Å². The molecule has 1 unspecified atom stereocenters. The minimum atomic E-state index is 0. The Morgan fingerprint density at radius 3 is 2.50 bits per heavy atom. The second-order valence-electron chi connectivity index (χ2n) is 5.25. The molecule has 1 aromatic carbocycles. The average Bonchev–Trinajstić information content (AvgIpc) is 2.91. The SMILES string of the molecule is CC(C)Oc1ccc(C(=O)N(C)C2CCNC2)cc1.Cl. The number of carbonyl (C=O) groups is 1. The zero-order valence-electron chi connectivity index (χ0n) is 12.3. The number of ether oxygens (including phenoxy) is 1. The molecule has 1 aromatic rings. The van der Waals surface area contributed by atoms with Gasteiger partial charge in [0.1, 0.15) is 5.75 Å². The van der Waals surface area contributed by atoms with Gasteiger partial charge in [-0.1, -0.05) is 0 Å². The van der Waals surface area contributed by atoms with Crippen molar-refractivity contribution in [3.63, 3.8) is 0 Å². The van der Waals surface area contributed by atoms with Crippen LogP contribution >= 0.6 is 12.4 Å². The van der Waals surface area contributed by atoms with Crippen molar-refractivity contribution in [1.29, 1.82) is 0 Å². The Morgan fingerprint density at radius 2 is 2.00 bits per heavy atom. The third-order valence-electron chi connectivity index (χ3n) is 3.38. The fraction of sp³-hybridized carbons (Fsp3) is 0.533. The summed E-state index contributed by atoms with van der Waals surface area (Å²) in [7, 11) is 1.87. The van der Waals surface area contributed by atoms with Crippen LogP contribution in [0.25, 0.3) is 0 Å². The normalized spacial score (nSPS) is 17.7. The number of halogens is 1. The van der Waals surface area contributed by atoms with Crippen LogP contribution in [0.3, 0.4) is 0 Å². The minimum Gasteiger partial charge on any atom is -0.491 e. The molecular formula is C15H23ClN2O2. The molecule has 1 atom stereocenters. The quantitative estimate of drug-likeness (QED) is 0.927. The van der Waals surface area contributed by atoms with Gasteiger partial charge in [0.05, 0.1) is 6.10 Å². The summed E-state index contributed by atoms with van der Waals surface area (Å²) in [6, 6.07) is 7.68. The molecule has 0 spiro atoms. The average molecular weight is 299 g/mol. The fourth-order valence-electron chi connectivity index (χ4n) is 2.29. The number of likely N-dealkylation sites (N-methyl/N-ethyl adjacent to an activating group) is 1. The molecule has 0 bridgehead atoms. The van der Waals surface area contributed by atoms with E-state index >= 15 is 0 Å². The van der Waals surface area contributed by atoms with Gasteiger partial charge in [-0.15, -0.1) is 12.4 Å². The van der Waals surface area contributed by atoms with Crippen LogP contribution in [0, 0.1) is 0 Å². The van der Waals surface area contributed by atoms with Crippen LogP contribution in [0.15, 0.2) is 24.3 Å². The highest BCUT2D eigenvalue weighted by Crippen LogP contribution is 2.16. The molecule has 2 rings (SSSR count). The van der Waals surface area contributed by atoms with Crippen molar-refractivity contribution in [2.75, 3.05) is 20.1 Å². The van der Waals surface area contributed by atoms with Crippen molar-refractivity contribution in [3.8, 4) is 5.75 Å². The van der Waals surface area contributed by atoms with Gasteiger partial charge in [-0.05, 0) is 51.1 Å². The molecule has 1 amide bonds. The fourth-order valence-corrected chi connectivity index (χ4v) is 2.29. The van der Waals surface area contributed by atoms with Gasteiger partial charge < -0.3 is 15.0 Å². The molecular weight excluding hydrogens is 276 g/mol. The van der Waals surface area contributed by atoms with Crippen molar-refractivity contribution in [2.24, 2.45) is 0 Å². The lowest BCUT2D eigenvalue weighted by molar-refractivity contribution is 0.0744. The van der Waals surface area contributed by atoms with Crippen LogP contribution in [0.2, 0.25) is 0 Å². The van der Waals surface area contributed by atoms with Crippen molar-refractivity contribution in [1.82, 2.24) is 10.2 Å². The molecule has 0 radical (unpaired) electrons. The number of hydrogen-bond acceptors (Lipinski definition) is 3. The van der Waals surface area contributed by atoms with Gasteiger partial charge >= 0.3 is 0 Å². The predicted molar refractivity (Wildman–Crippen MR) is 82.8 cm³/mol. The highest BCUT2D eigenvalue weighted by Gasteiger charge is 2.23. The summed E-state index contributed by atoms with van der Waals surface area (Å²) in [6.45, 7) is 5.85. The summed E-state index contributed by atoms with van der Waals surface area (Å²) >= 11 is 0. The lowest BCUT2D eigenvalue weighted by Crippen LogP contribution is -2.38. The first-order valence-electron chi connectivity index (χ1n) is 6.82. The number of rotatable bonds is 4. The van der Waals surface area contributed by atoms with E-state index in [-0.39, 0.29) is 24.4 Å². The summed E-state index contributed by atoms with van der Waals surface area (Å²) < 4.78 is 5.57. The van der Waals surface area contributed by atoms with E-state index in [4.69, 9.17) is 4.74 Å². The van der Waals surface area contributed by atoms with Gasteiger partial charge in [0.15, 0.2) is 0 Å². The highest BCUT2D eigenvalue weighted by molar-refractivity contribution is 5.94. The summed E-state index contributed by atoms with van der Waals surface area (Å²) in [5, 5.41) is 3.28. The Hall–Kier alpha value is -1.26. The van der Waals surface area contributed by atoms with Crippen LogP contribution in [0.4, 0.5) is 0 Å². The Bertz CT molecular complexity index is 428. The topological polar surface area (TPSA) is 41.6 Å². The Morgan fingerprint density at radius 1 is 1.35 bits per heavy atom. The minimum absolute atomic E-state index is 0. The largest absolute Gasteiger partial charge is 0.491 e. The van der Waals surface area contributed by atoms with Gasteiger partial charge in [0.25, 0.3) is 5.91 Å². The third kappa shape index (κ3) is 4.12. The molecule has 1 aliphatic heterocycles. The van der Waals surface area contributed by atoms with E-state index in [1.807, 2.05) is 50.1 Å². The number of nitrogens with one attached hydrogen (secondary N) is 1. The van der Waals surface area contributed by atoms with E-state index in [0.29, 0.717) is 11.6 Å². The molecule has 0 aromatic heterocycles. The van der Waals surface area contributed by atoms with Gasteiger partial charge in [0, 0.05) is 25.2 Å². The maximum atomic E-state index is 12.3. The molecule has 4 nitrogen and oxygen atoms in total. The van der Waals surface area contributed by atoms with Gasteiger partial charge in [-0.2, -0.15) is 0 Å². The molecule has 1 heterocycles. The summed E-state index contributed by atoms with van der Waals surface area (Å²) in [6.07, 6.45) is 1.17. The zero-order valence-corrected chi connectivity index (χ0v) is 13.1. The number of hydrogen-bond donors (Lipinski definition) is 1. The molecule has 0 saturated carbocycles. The Labute approximate surface area is 126 Å². The van der Waals surface area contributed by atoms with Crippen LogP contribution in [-0.2, 0) is 0 Å². The molecule has 1 N–H and O–H groups in total. The van der Waals surface area contributed by atoms with E-state index in [2.05, 4.69) is 5.32 Å². The van der Waals surface area contributed by atoms with Gasteiger partial charge in [0.2, 0.25) is 0 Å². The van der Waals surface area contributed by atoms with Crippen molar-refractivity contribution in [3.05, 3.63) is 29.8 Å². The summed E-state index contributed by atoms with van der Waals surface area (Å²) in [5.74, 6) is 0.876. The van der Waals surface area contributed by atoms with Crippen LogP contribution in [0.5, 0.6) is 5.75 Å². The maximum absolute atomic E-state index is 12.3. The molecule has 5 heteroatoms. The van der Waals surface area contributed by atoms with E-state index in [1.165, 1.54) is 0 Å². The first-order chi connectivity index (χ1) is 9.08. The summed E-state index contributed by atoms with van der Waals surface area (Å²) in [4.78, 5) is 14.2. The van der Waals surface area contributed by atoms with Crippen molar-refractivity contribution >= 4 is 18.3 Å². The van der Waals surface area contributed by atoms with E-state index in [0.717, 1.165) is 25.3 Å². The van der Waals surface area contributed by atoms with Crippen LogP contribution in [-0.4, -0.2) is 43.1 Å². The molecule has 1 aliphatic rings. The predicted octanol–water partition coefficient (Wildman–Crippen LogP) is 2.33. The molecule has 112 valence electrons. The second-order valence-corrected chi connectivity index (χ2v) is 5.25. The Kier molecular flexibility index (Phi) is 6.30. The van der Waals surface area contributed by atoms with E-state index < -0.39 is 0 Å². The van der Waals surface area contributed by atoms with Gasteiger partial charge in [-0.25, -0.2) is 0 Å². The summed E-state index contributed by atoms with van der Waals surface area (Å²) in [5.41, 5.74) is 0.713. The molecule has 1 saturated heterocycles. The standard InChI is InChI=1S/C15H22N2O2.ClH/c1-11(2)19-14-6-4-12(5-7-14)15(18)17(3)13-8-9-16-10-13;/h4-7,11,13,16H,8-10H2,1-3H3;1H. The first-order valence-corrected chi connectivity index (χ1v) is 6.82. The number of benzene rings is 1. The van der Waals surface area contributed by atoms with Gasteiger partial charge in [-0.3, -0.25) is 4.79 Å². The van der Waals surface area contributed by atoms with Crippen molar-refractivity contribution < 1.29 is 9.53 Å². The van der Waals surface area contributed by atoms with E-state index in [1.54, 1.807) is 0 Å². The molecule has 1 fully saturated rings. The third-order valence-corrected chi connectivity index (χ3v) is 3.38. The lowest BCUT2D eigenvalue weighted by atomic mass is 10.1. The second kappa shape index (κ2) is 7.50. The number of nitrogens with zero attached hydrogens (tertiary/aromatic N) is 1. The highest BCUT2D eigenvalue weighted by atomic mass is 35.5. The monoisotopic (exact) mass is 298 g/mol. The molecule has 20 heavy (non-hydrogen) atoms. The van der Waals surface area contributed by atoms with E-state index in [9.17, 15) is 4.79 Å².